The molecule has 0 amide bonds. The van der Waals surface area contributed by atoms with E-state index in [0.717, 1.165) is 14.9 Å². The molecule has 17 heavy (non-hydrogen) atoms. The normalized spacial score (nSPS) is 10.2. The molecule has 0 saturated heterocycles. The summed E-state index contributed by atoms with van der Waals surface area (Å²) in [5.74, 6) is 0.0851. The van der Waals surface area contributed by atoms with E-state index in [4.69, 9.17) is 11.1 Å². The zero-order chi connectivity index (χ0) is 12.3. The molecule has 0 heterocycles. The largest absolute Gasteiger partial charge is 0.384 e. The third-order valence-corrected chi connectivity index (χ3v) is 4.22. The zero-order valence-corrected chi connectivity index (χ0v) is 11.4. The van der Waals surface area contributed by atoms with Gasteiger partial charge in [-0.2, -0.15) is 0 Å². The van der Waals surface area contributed by atoms with Crippen LogP contribution in [0.1, 0.15) is 5.56 Å². The van der Waals surface area contributed by atoms with Gasteiger partial charge in [0.2, 0.25) is 0 Å². The maximum Gasteiger partial charge on any atom is 0.122 e. The van der Waals surface area contributed by atoms with Gasteiger partial charge in [-0.05, 0) is 40.2 Å². The predicted molar refractivity (Wildman–Crippen MR) is 75.7 cm³/mol. The highest BCUT2D eigenvalue weighted by Crippen LogP contribution is 2.33. The Kier molecular flexibility index (Phi) is 3.86. The maximum absolute atomic E-state index is 7.37. The van der Waals surface area contributed by atoms with Crippen LogP contribution >= 0.6 is 27.7 Å². The minimum Gasteiger partial charge on any atom is -0.384 e. The number of nitrogens with two attached hydrogens (primary N) is 1. The molecule has 0 atom stereocenters. The molecular formula is C13H11BrN2S. The third kappa shape index (κ3) is 3.11. The molecular weight excluding hydrogens is 296 g/mol. The van der Waals surface area contributed by atoms with Gasteiger partial charge in [0, 0.05) is 19.8 Å². The first-order valence-electron chi connectivity index (χ1n) is 5.03. The average Bonchev–Trinajstić information content (AvgIpc) is 2.33. The topological polar surface area (TPSA) is 49.9 Å². The van der Waals surface area contributed by atoms with Gasteiger partial charge in [-0.1, -0.05) is 36.0 Å². The molecule has 2 nitrogen and oxygen atoms in total. The molecule has 86 valence electrons. The summed E-state index contributed by atoms with van der Waals surface area (Å²) in [6, 6.07) is 15.9. The SMILES string of the molecule is N=C(N)c1ccc(Sc2ccccc2)c(Br)c1. The summed E-state index contributed by atoms with van der Waals surface area (Å²) in [6.45, 7) is 0. The molecule has 0 spiro atoms. The lowest BCUT2D eigenvalue weighted by atomic mass is 10.2. The number of hydrogen-bond donors (Lipinski definition) is 2. The lowest BCUT2D eigenvalue weighted by Crippen LogP contribution is -2.10. The van der Waals surface area contributed by atoms with E-state index in [2.05, 4.69) is 28.1 Å². The van der Waals surface area contributed by atoms with Gasteiger partial charge in [0.25, 0.3) is 0 Å². The van der Waals surface area contributed by atoms with E-state index in [1.54, 1.807) is 11.8 Å². The Labute approximate surface area is 113 Å². The van der Waals surface area contributed by atoms with Crippen molar-refractivity contribution in [3.8, 4) is 0 Å². The summed E-state index contributed by atoms with van der Waals surface area (Å²) in [6.07, 6.45) is 0. The van der Waals surface area contributed by atoms with Crippen molar-refractivity contribution in [1.82, 2.24) is 0 Å². The van der Waals surface area contributed by atoms with E-state index in [-0.39, 0.29) is 5.84 Å². The molecule has 0 aliphatic heterocycles. The molecule has 0 bridgehead atoms. The van der Waals surface area contributed by atoms with Crippen LogP contribution in [0, 0.1) is 5.41 Å². The minimum atomic E-state index is 0.0851. The molecule has 0 aliphatic rings. The van der Waals surface area contributed by atoms with Gasteiger partial charge in [-0.3, -0.25) is 5.41 Å². The quantitative estimate of drug-likeness (QED) is 0.668. The van der Waals surface area contributed by atoms with Crippen molar-refractivity contribution in [2.45, 2.75) is 9.79 Å². The Morgan fingerprint density at radius 3 is 2.41 bits per heavy atom. The second kappa shape index (κ2) is 5.38. The van der Waals surface area contributed by atoms with Crippen LogP contribution in [0.25, 0.3) is 0 Å². The third-order valence-electron chi connectivity index (χ3n) is 2.21. The fourth-order valence-electron chi connectivity index (χ4n) is 1.37. The molecule has 2 aromatic rings. The highest BCUT2D eigenvalue weighted by atomic mass is 79.9. The van der Waals surface area contributed by atoms with Crippen molar-refractivity contribution in [2.24, 2.45) is 5.73 Å². The molecule has 0 saturated carbocycles. The predicted octanol–water partition coefficient (Wildman–Crippen LogP) is 3.88. The van der Waals surface area contributed by atoms with Crippen LogP contribution in [0.3, 0.4) is 0 Å². The smallest absolute Gasteiger partial charge is 0.122 e. The molecule has 0 radical (unpaired) electrons. The second-order valence-electron chi connectivity index (χ2n) is 3.47. The van der Waals surface area contributed by atoms with E-state index in [1.807, 2.05) is 36.4 Å². The summed E-state index contributed by atoms with van der Waals surface area (Å²) in [7, 11) is 0. The number of rotatable bonds is 3. The van der Waals surface area contributed by atoms with Gasteiger partial charge in [0.05, 0.1) is 0 Å². The van der Waals surface area contributed by atoms with E-state index in [0.29, 0.717) is 0 Å². The first-order chi connectivity index (χ1) is 8.16. The van der Waals surface area contributed by atoms with Crippen LogP contribution in [0.2, 0.25) is 0 Å². The van der Waals surface area contributed by atoms with Crippen molar-refractivity contribution in [3.05, 3.63) is 58.6 Å². The molecule has 0 unspecified atom stereocenters. The summed E-state index contributed by atoms with van der Waals surface area (Å²) in [5, 5.41) is 7.37. The Hall–Kier alpha value is -1.26. The van der Waals surface area contributed by atoms with Crippen molar-refractivity contribution in [2.75, 3.05) is 0 Å². The van der Waals surface area contributed by atoms with Gasteiger partial charge in [0.1, 0.15) is 5.84 Å². The first-order valence-corrected chi connectivity index (χ1v) is 6.64. The van der Waals surface area contributed by atoms with Gasteiger partial charge < -0.3 is 5.73 Å². The number of hydrogen-bond acceptors (Lipinski definition) is 2. The number of amidine groups is 1. The molecule has 4 heteroatoms. The van der Waals surface area contributed by atoms with Crippen LogP contribution in [0.4, 0.5) is 0 Å². The number of nitrogens with one attached hydrogen (secondary N) is 1. The van der Waals surface area contributed by atoms with Crippen molar-refractivity contribution < 1.29 is 0 Å². The zero-order valence-electron chi connectivity index (χ0n) is 8.98. The van der Waals surface area contributed by atoms with Crippen LogP contribution < -0.4 is 5.73 Å². The molecule has 3 N–H and O–H groups in total. The van der Waals surface area contributed by atoms with E-state index < -0.39 is 0 Å². The highest BCUT2D eigenvalue weighted by Gasteiger charge is 2.04. The number of halogens is 1. The lowest BCUT2D eigenvalue weighted by molar-refractivity contribution is 1.34. The Balaban J connectivity index is 2.26. The molecule has 2 rings (SSSR count). The van der Waals surface area contributed by atoms with Gasteiger partial charge in [-0.25, -0.2) is 0 Å². The molecule has 2 aromatic carbocycles. The van der Waals surface area contributed by atoms with E-state index in [9.17, 15) is 0 Å². The number of benzene rings is 2. The highest BCUT2D eigenvalue weighted by molar-refractivity contribution is 9.10. The van der Waals surface area contributed by atoms with Crippen molar-refractivity contribution in [1.29, 1.82) is 5.41 Å². The standard InChI is InChI=1S/C13H11BrN2S/c14-11-8-9(13(15)16)6-7-12(11)17-10-4-2-1-3-5-10/h1-8H,(H3,15,16). The molecule has 0 aliphatic carbocycles. The maximum atomic E-state index is 7.37. The fourth-order valence-corrected chi connectivity index (χ4v) is 2.83. The van der Waals surface area contributed by atoms with Crippen LogP contribution in [0.15, 0.2) is 62.8 Å². The van der Waals surface area contributed by atoms with E-state index >= 15 is 0 Å². The first kappa shape index (κ1) is 12.2. The summed E-state index contributed by atoms with van der Waals surface area (Å²) >= 11 is 5.18. The Bertz CT molecular complexity index is 540. The van der Waals surface area contributed by atoms with E-state index in [1.165, 1.54) is 4.90 Å². The van der Waals surface area contributed by atoms with Crippen molar-refractivity contribution >= 4 is 33.5 Å². The van der Waals surface area contributed by atoms with Crippen LogP contribution in [0.5, 0.6) is 0 Å². The summed E-state index contributed by atoms with van der Waals surface area (Å²) < 4.78 is 0.957. The molecule has 0 fully saturated rings. The van der Waals surface area contributed by atoms with Gasteiger partial charge >= 0.3 is 0 Å². The minimum absolute atomic E-state index is 0.0851. The van der Waals surface area contributed by atoms with Crippen LogP contribution in [-0.2, 0) is 0 Å². The number of nitrogen functional groups attached to an aromatic ring is 1. The fraction of sp³-hybridized carbons (Fsp3) is 0. The lowest BCUT2D eigenvalue weighted by Gasteiger charge is -2.06. The summed E-state index contributed by atoms with van der Waals surface area (Å²) in [5.41, 5.74) is 6.17. The molecule has 0 aromatic heterocycles. The van der Waals surface area contributed by atoms with Crippen LogP contribution in [-0.4, -0.2) is 5.84 Å². The second-order valence-corrected chi connectivity index (χ2v) is 5.44. The average molecular weight is 307 g/mol. The monoisotopic (exact) mass is 306 g/mol. The van der Waals surface area contributed by atoms with Gasteiger partial charge in [0.15, 0.2) is 0 Å². The van der Waals surface area contributed by atoms with Gasteiger partial charge in [-0.15, -0.1) is 0 Å². The Morgan fingerprint density at radius 2 is 1.82 bits per heavy atom. The Morgan fingerprint density at radius 1 is 1.12 bits per heavy atom. The van der Waals surface area contributed by atoms with Crippen molar-refractivity contribution in [3.63, 3.8) is 0 Å². The summed E-state index contributed by atoms with van der Waals surface area (Å²) in [4.78, 5) is 2.30.